The third-order valence-electron chi connectivity index (χ3n) is 7.80. The number of nitrogens with one attached hydrogen (secondary N) is 1. The van der Waals surface area contributed by atoms with Crippen LogP contribution >= 0.6 is 0 Å². The molecular weight excluding hydrogens is 462 g/mol. The number of carbonyl (C=O) groups is 1. The predicted octanol–water partition coefficient (Wildman–Crippen LogP) is 4.77. The van der Waals surface area contributed by atoms with Crippen molar-refractivity contribution in [2.24, 2.45) is 5.41 Å². The molecule has 0 saturated heterocycles. The summed E-state index contributed by atoms with van der Waals surface area (Å²) >= 11 is 0. The van der Waals surface area contributed by atoms with Crippen LogP contribution in [0.5, 0.6) is 0 Å². The summed E-state index contributed by atoms with van der Waals surface area (Å²) < 4.78 is 3.85. The van der Waals surface area contributed by atoms with Crippen LogP contribution in [0.1, 0.15) is 64.5 Å². The maximum atomic E-state index is 12.9. The van der Waals surface area contributed by atoms with E-state index < -0.39 is 0 Å². The van der Waals surface area contributed by atoms with E-state index in [1.54, 1.807) is 23.3 Å². The fourth-order valence-corrected chi connectivity index (χ4v) is 5.39. The fourth-order valence-electron chi connectivity index (χ4n) is 5.39. The van der Waals surface area contributed by atoms with Gasteiger partial charge < -0.3 is 15.5 Å². The number of pyridine rings is 2. The molecule has 1 aliphatic rings. The van der Waals surface area contributed by atoms with Crippen LogP contribution in [0.2, 0.25) is 0 Å². The van der Waals surface area contributed by atoms with Gasteiger partial charge in [-0.2, -0.15) is 5.10 Å². The van der Waals surface area contributed by atoms with Crippen molar-refractivity contribution in [3.05, 3.63) is 88.8 Å². The van der Waals surface area contributed by atoms with Gasteiger partial charge >= 0.3 is 0 Å². The largest absolute Gasteiger partial charge is 0.383 e. The zero-order valence-electron chi connectivity index (χ0n) is 21.6. The smallest absolute Gasteiger partial charge is 0.254 e. The van der Waals surface area contributed by atoms with Crippen LogP contribution in [0.3, 0.4) is 0 Å². The number of rotatable bonds is 6. The zero-order valence-corrected chi connectivity index (χ0v) is 21.6. The van der Waals surface area contributed by atoms with Crippen LogP contribution in [-0.4, -0.2) is 30.1 Å². The van der Waals surface area contributed by atoms with Gasteiger partial charge in [0.15, 0.2) is 0 Å². The van der Waals surface area contributed by atoms with Gasteiger partial charge in [0.1, 0.15) is 11.5 Å². The molecule has 1 saturated carbocycles. The molecule has 4 heterocycles. The van der Waals surface area contributed by atoms with Crippen LogP contribution in [0, 0.1) is 19.3 Å². The monoisotopic (exact) mass is 493 g/mol. The van der Waals surface area contributed by atoms with Gasteiger partial charge in [0.2, 0.25) is 0 Å². The molecule has 1 aliphatic carbocycles. The molecule has 5 aromatic rings. The van der Waals surface area contributed by atoms with Crippen molar-refractivity contribution in [3.63, 3.8) is 0 Å². The van der Waals surface area contributed by atoms with E-state index >= 15 is 0 Å². The molecule has 1 atom stereocenters. The van der Waals surface area contributed by atoms with E-state index in [4.69, 9.17) is 10.7 Å². The van der Waals surface area contributed by atoms with Crippen molar-refractivity contribution in [1.29, 1.82) is 0 Å². The maximum Gasteiger partial charge on any atom is 0.254 e. The number of fused-ring (bicyclic) bond motifs is 2. The third kappa shape index (κ3) is 4.22. The first-order valence-corrected chi connectivity index (χ1v) is 12.6. The number of nitrogen functional groups attached to an aromatic ring is 1. The number of hydrogen-bond acceptors (Lipinski definition) is 5. The Bertz CT molecular complexity index is 1680. The van der Waals surface area contributed by atoms with Gasteiger partial charge in [-0.25, -0.2) is 9.97 Å². The van der Waals surface area contributed by atoms with Gasteiger partial charge in [0.25, 0.3) is 5.91 Å². The minimum atomic E-state index is -0.161. The van der Waals surface area contributed by atoms with Crippen LogP contribution < -0.4 is 11.1 Å². The number of hydrogen-bond donors (Lipinski definition) is 2. The summed E-state index contributed by atoms with van der Waals surface area (Å²) in [7, 11) is 0. The molecule has 1 unspecified atom stereocenters. The van der Waals surface area contributed by atoms with Crippen molar-refractivity contribution >= 4 is 28.1 Å². The Labute approximate surface area is 215 Å². The highest BCUT2D eigenvalue weighted by Gasteiger charge is 2.46. The number of benzene rings is 1. The predicted molar refractivity (Wildman–Crippen MR) is 144 cm³/mol. The van der Waals surface area contributed by atoms with Crippen molar-refractivity contribution in [2.45, 2.75) is 53.1 Å². The standard InChI is InChI=1S/C29H31N7O/c1-17-9-23-22(7-8-31-27(23)30)18(2)24(17)12-32-28(37)20-11-33-36(14-20)16-21-15-35-13-19(5-6-26(35)34-21)25-10-29(25,3)4/h5-9,11,13-15,25H,10,12,16H2,1-4H3,(H2,30,31)(H,32,37). The normalized spacial score (nSPS) is 16.4. The number of aromatic nitrogens is 5. The first-order valence-electron chi connectivity index (χ1n) is 12.6. The van der Waals surface area contributed by atoms with Crippen LogP contribution in [0.15, 0.2) is 55.2 Å². The lowest BCUT2D eigenvalue weighted by molar-refractivity contribution is 0.0950. The van der Waals surface area contributed by atoms with E-state index in [9.17, 15) is 4.79 Å². The molecule has 188 valence electrons. The molecule has 37 heavy (non-hydrogen) atoms. The molecule has 4 aromatic heterocycles. The van der Waals surface area contributed by atoms with Crippen molar-refractivity contribution in [2.75, 3.05) is 5.73 Å². The second-order valence-corrected chi connectivity index (χ2v) is 10.9. The maximum absolute atomic E-state index is 12.9. The SMILES string of the molecule is Cc1cc2c(N)nccc2c(C)c1CNC(=O)c1cnn(Cc2cn3cc(C4CC4(C)C)ccc3n2)c1. The number of nitrogens with two attached hydrogens (primary N) is 1. The zero-order chi connectivity index (χ0) is 25.9. The van der Waals surface area contributed by atoms with Crippen LogP contribution in [-0.2, 0) is 13.1 Å². The first-order chi connectivity index (χ1) is 17.7. The Balaban J connectivity index is 1.14. The van der Waals surface area contributed by atoms with Crippen LogP contribution in [0.25, 0.3) is 16.4 Å². The highest BCUT2D eigenvalue weighted by atomic mass is 16.1. The molecule has 1 fully saturated rings. The number of carbonyl (C=O) groups excluding carboxylic acids is 1. The van der Waals surface area contributed by atoms with Crippen molar-refractivity contribution < 1.29 is 4.79 Å². The number of aryl methyl sites for hydroxylation is 2. The minimum Gasteiger partial charge on any atom is -0.383 e. The highest BCUT2D eigenvalue weighted by Crippen LogP contribution is 2.58. The topological polar surface area (TPSA) is 103 Å². The summed E-state index contributed by atoms with van der Waals surface area (Å²) in [6, 6.07) is 8.26. The molecule has 0 bridgehead atoms. The molecule has 6 rings (SSSR count). The first kappa shape index (κ1) is 23.2. The van der Waals surface area contributed by atoms with Gasteiger partial charge in [-0.1, -0.05) is 19.9 Å². The Morgan fingerprint density at radius 3 is 2.76 bits per heavy atom. The molecule has 8 heteroatoms. The molecular formula is C29H31N7O. The second-order valence-electron chi connectivity index (χ2n) is 10.9. The quantitative estimate of drug-likeness (QED) is 0.355. The minimum absolute atomic E-state index is 0.161. The average Bonchev–Trinajstić information content (AvgIpc) is 3.18. The highest BCUT2D eigenvalue weighted by molar-refractivity contribution is 5.95. The van der Waals surface area contributed by atoms with Gasteiger partial charge in [0, 0.05) is 36.7 Å². The van der Waals surface area contributed by atoms with E-state index in [-0.39, 0.29) is 5.91 Å². The Hall–Kier alpha value is -4.20. The number of nitrogens with zero attached hydrogens (tertiary/aromatic N) is 5. The van der Waals surface area contributed by atoms with Crippen molar-refractivity contribution in [1.82, 2.24) is 29.5 Å². The molecule has 0 spiro atoms. The Kier molecular flexibility index (Phi) is 5.29. The van der Waals surface area contributed by atoms with E-state index in [0.717, 1.165) is 38.8 Å². The number of amides is 1. The van der Waals surface area contributed by atoms with E-state index in [1.165, 1.54) is 12.0 Å². The number of imidazole rings is 1. The average molecular weight is 494 g/mol. The second kappa shape index (κ2) is 8.44. The third-order valence-corrected chi connectivity index (χ3v) is 7.80. The molecule has 1 aromatic carbocycles. The number of anilines is 1. The molecule has 0 radical (unpaired) electrons. The van der Waals surface area contributed by atoms with Gasteiger partial charge in [-0.15, -0.1) is 0 Å². The van der Waals surface area contributed by atoms with Gasteiger partial charge in [-0.3, -0.25) is 9.48 Å². The Morgan fingerprint density at radius 1 is 1.16 bits per heavy atom. The Morgan fingerprint density at radius 2 is 1.97 bits per heavy atom. The lowest BCUT2D eigenvalue weighted by Crippen LogP contribution is -2.23. The molecule has 0 aliphatic heterocycles. The lowest BCUT2D eigenvalue weighted by Gasteiger charge is -2.14. The summed E-state index contributed by atoms with van der Waals surface area (Å²) in [6.07, 6.45) is 10.5. The van der Waals surface area contributed by atoms with Gasteiger partial charge in [-0.05, 0) is 77.4 Å². The molecule has 3 N–H and O–H groups in total. The van der Waals surface area contributed by atoms with Gasteiger partial charge in [0.05, 0.1) is 24.0 Å². The van der Waals surface area contributed by atoms with E-state index in [0.29, 0.717) is 35.8 Å². The van der Waals surface area contributed by atoms with Crippen molar-refractivity contribution in [3.8, 4) is 0 Å². The molecule has 8 nitrogen and oxygen atoms in total. The summed E-state index contributed by atoms with van der Waals surface area (Å²) in [5.41, 5.74) is 13.4. The van der Waals surface area contributed by atoms with E-state index in [1.807, 2.05) is 25.3 Å². The summed E-state index contributed by atoms with van der Waals surface area (Å²) in [4.78, 5) is 21.8. The van der Waals surface area contributed by atoms with Crippen LogP contribution in [0.4, 0.5) is 5.82 Å². The summed E-state index contributed by atoms with van der Waals surface area (Å²) in [5, 5.41) is 9.44. The van der Waals surface area contributed by atoms with E-state index in [2.05, 4.69) is 58.9 Å². The molecule has 1 amide bonds. The summed E-state index contributed by atoms with van der Waals surface area (Å²) in [6.45, 7) is 9.62. The lowest BCUT2D eigenvalue weighted by atomic mass is 9.96. The fraction of sp³-hybridized carbons (Fsp3) is 0.310. The summed E-state index contributed by atoms with van der Waals surface area (Å²) in [5.74, 6) is 0.975.